The molecule has 11 nitrogen and oxygen atoms in total. The number of nitrogens with one attached hydrogen (secondary N) is 4. The lowest BCUT2D eigenvalue weighted by Crippen LogP contribution is -2.43. The molecule has 3 aromatic rings. The fourth-order valence-corrected chi connectivity index (χ4v) is 1.98. The topological polar surface area (TPSA) is 156 Å². The molecule has 0 aromatic carbocycles. The zero-order chi connectivity index (χ0) is 19.9. The Morgan fingerprint density at radius 3 is 1.43 bits per heavy atom. The number of carbonyl (C=O) groups excluding carboxylic acids is 4. The van der Waals surface area contributed by atoms with Crippen LogP contribution in [-0.2, 0) is 0 Å². The van der Waals surface area contributed by atoms with Gasteiger partial charge in [0.25, 0.3) is 11.8 Å². The summed E-state index contributed by atoms with van der Waals surface area (Å²) in [7, 11) is 0. The normalized spacial score (nSPS) is 10.0. The van der Waals surface area contributed by atoms with Crippen molar-refractivity contribution in [1.29, 1.82) is 0 Å². The molecule has 0 atom stereocenters. The van der Waals surface area contributed by atoms with E-state index in [9.17, 15) is 19.2 Å². The molecule has 11 heteroatoms. The predicted molar refractivity (Wildman–Crippen MR) is 91.5 cm³/mol. The van der Waals surface area contributed by atoms with Gasteiger partial charge in [0.15, 0.2) is 11.5 Å². The van der Waals surface area contributed by atoms with Crippen molar-refractivity contribution in [2.45, 2.75) is 0 Å². The van der Waals surface area contributed by atoms with E-state index in [1.54, 1.807) is 0 Å². The zero-order valence-electron chi connectivity index (χ0n) is 14.1. The number of carbonyl (C=O) groups is 4. The summed E-state index contributed by atoms with van der Waals surface area (Å²) in [5.74, 6) is -2.81. The Kier molecular flexibility index (Phi) is 5.46. The summed E-state index contributed by atoms with van der Waals surface area (Å²) in [4.78, 5) is 51.5. The van der Waals surface area contributed by atoms with E-state index in [0.29, 0.717) is 0 Å². The lowest BCUT2D eigenvalue weighted by molar-refractivity contribution is 0.0822. The van der Waals surface area contributed by atoms with Crippen molar-refractivity contribution >= 4 is 23.6 Å². The summed E-state index contributed by atoms with van der Waals surface area (Å²) in [6.45, 7) is 0. The molecule has 0 fully saturated rings. The second-order valence-corrected chi connectivity index (χ2v) is 5.18. The molecule has 3 rings (SSSR count). The van der Waals surface area contributed by atoms with Crippen LogP contribution in [0.3, 0.4) is 0 Å². The van der Waals surface area contributed by atoms with E-state index in [1.807, 2.05) is 0 Å². The van der Waals surface area contributed by atoms with Gasteiger partial charge in [-0.15, -0.1) is 0 Å². The summed E-state index contributed by atoms with van der Waals surface area (Å²) >= 11 is 0. The molecule has 28 heavy (non-hydrogen) atoms. The average molecular weight is 383 g/mol. The number of aromatic nitrogens is 1. The van der Waals surface area contributed by atoms with Crippen LogP contribution in [0, 0.1) is 0 Å². The minimum absolute atomic E-state index is 0.00804. The van der Waals surface area contributed by atoms with E-state index >= 15 is 0 Å². The highest BCUT2D eigenvalue weighted by Gasteiger charge is 2.15. The van der Waals surface area contributed by atoms with Crippen LogP contribution in [0.1, 0.15) is 42.1 Å². The summed E-state index contributed by atoms with van der Waals surface area (Å²) < 4.78 is 9.77. The Labute approximate surface area is 157 Å². The van der Waals surface area contributed by atoms with Crippen LogP contribution in [-0.4, -0.2) is 28.6 Å². The molecule has 0 radical (unpaired) electrons. The second kappa shape index (κ2) is 8.31. The van der Waals surface area contributed by atoms with Crippen molar-refractivity contribution < 1.29 is 28.0 Å². The van der Waals surface area contributed by atoms with Crippen LogP contribution in [0.2, 0.25) is 0 Å². The molecule has 0 saturated heterocycles. The summed E-state index contributed by atoms with van der Waals surface area (Å²) in [6, 6.07) is 9.97. The number of hydrogen-bond acceptors (Lipinski definition) is 7. The molecule has 0 aliphatic heterocycles. The fourth-order valence-electron chi connectivity index (χ4n) is 1.98. The molecule has 0 aliphatic carbocycles. The van der Waals surface area contributed by atoms with Crippen LogP contribution < -0.4 is 21.7 Å². The fraction of sp³-hybridized carbons (Fsp3) is 0. The smallest absolute Gasteiger partial charge is 0.305 e. The molecule has 142 valence electrons. The highest BCUT2D eigenvalue weighted by Crippen LogP contribution is 2.02. The van der Waals surface area contributed by atoms with E-state index < -0.39 is 23.6 Å². The third kappa shape index (κ3) is 4.40. The molecule has 3 heterocycles. The average Bonchev–Trinajstić information content (AvgIpc) is 3.43. The SMILES string of the molecule is O=C(NNC(=O)c1ccco1)c1cccc(C(=O)NNC(=O)c2ccco2)n1. The first-order valence-electron chi connectivity index (χ1n) is 7.80. The van der Waals surface area contributed by atoms with Gasteiger partial charge < -0.3 is 8.83 Å². The van der Waals surface area contributed by atoms with Crippen molar-refractivity contribution in [1.82, 2.24) is 26.7 Å². The van der Waals surface area contributed by atoms with Gasteiger partial charge in [-0.3, -0.25) is 40.9 Å². The van der Waals surface area contributed by atoms with E-state index in [2.05, 4.69) is 26.7 Å². The van der Waals surface area contributed by atoms with Gasteiger partial charge in [0.2, 0.25) is 0 Å². The molecule has 0 aliphatic rings. The first kappa shape index (κ1) is 18.4. The van der Waals surface area contributed by atoms with Crippen LogP contribution in [0.25, 0.3) is 0 Å². The quantitative estimate of drug-likeness (QED) is 0.476. The predicted octanol–water partition coefficient (Wildman–Crippen LogP) is 0.417. The summed E-state index contributed by atoms with van der Waals surface area (Å²) in [5, 5.41) is 0. The van der Waals surface area contributed by atoms with E-state index in [1.165, 1.54) is 55.0 Å². The Morgan fingerprint density at radius 2 is 1.04 bits per heavy atom. The Morgan fingerprint density at radius 1 is 0.607 bits per heavy atom. The van der Waals surface area contributed by atoms with Gasteiger partial charge in [-0.05, 0) is 36.4 Å². The highest BCUT2D eigenvalue weighted by atomic mass is 16.3. The van der Waals surface area contributed by atoms with Crippen LogP contribution in [0.5, 0.6) is 0 Å². The van der Waals surface area contributed by atoms with E-state index in [0.717, 1.165) is 0 Å². The van der Waals surface area contributed by atoms with Gasteiger partial charge >= 0.3 is 11.8 Å². The lowest BCUT2D eigenvalue weighted by Gasteiger charge is -2.08. The molecule has 0 saturated carbocycles. The van der Waals surface area contributed by atoms with Crippen LogP contribution >= 0.6 is 0 Å². The number of hydrazine groups is 2. The van der Waals surface area contributed by atoms with Crippen molar-refractivity contribution in [2.75, 3.05) is 0 Å². The minimum Gasteiger partial charge on any atom is -0.459 e. The number of furan rings is 2. The Balaban J connectivity index is 1.56. The molecular weight excluding hydrogens is 370 g/mol. The number of hydrogen-bond donors (Lipinski definition) is 4. The minimum atomic E-state index is -0.755. The van der Waals surface area contributed by atoms with Crippen molar-refractivity contribution in [3.63, 3.8) is 0 Å². The second-order valence-electron chi connectivity index (χ2n) is 5.18. The first-order valence-corrected chi connectivity index (χ1v) is 7.80. The lowest BCUT2D eigenvalue weighted by atomic mass is 10.3. The monoisotopic (exact) mass is 383 g/mol. The standard InChI is InChI=1S/C17H13N5O6/c23-14(19-21-16(25)12-6-2-8-27-12)10-4-1-5-11(18-10)15(24)20-22-17(26)13-7-3-9-28-13/h1-9H,(H,19,23)(H,20,24)(H,21,25)(H,22,26). The van der Waals surface area contributed by atoms with Crippen LogP contribution in [0.4, 0.5) is 0 Å². The van der Waals surface area contributed by atoms with Crippen LogP contribution in [0.15, 0.2) is 63.8 Å². The largest absolute Gasteiger partial charge is 0.459 e. The zero-order valence-corrected chi connectivity index (χ0v) is 14.1. The summed E-state index contributed by atoms with van der Waals surface area (Å²) in [6.07, 6.45) is 2.62. The number of pyridine rings is 1. The third-order valence-corrected chi connectivity index (χ3v) is 3.28. The van der Waals surface area contributed by atoms with E-state index in [4.69, 9.17) is 8.83 Å². The number of amides is 4. The Bertz CT molecular complexity index is 919. The third-order valence-electron chi connectivity index (χ3n) is 3.28. The molecular formula is C17H13N5O6. The maximum atomic E-state index is 12.1. The molecule has 0 spiro atoms. The number of rotatable bonds is 4. The highest BCUT2D eigenvalue weighted by molar-refractivity contribution is 5.99. The Hall–Kier alpha value is -4.41. The molecule has 4 amide bonds. The van der Waals surface area contributed by atoms with Gasteiger partial charge in [-0.2, -0.15) is 0 Å². The van der Waals surface area contributed by atoms with Crippen molar-refractivity contribution in [3.05, 3.63) is 77.9 Å². The molecule has 0 unspecified atom stereocenters. The van der Waals surface area contributed by atoms with Crippen molar-refractivity contribution in [3.8, 4) is 0 Å². The first-order chi connectivity index (χ1) is 13.5. The van der Waals surface area contributed by atoms with Gasteiger partial charge in [0, 0.05) is 0 Å². The maximum Gasteiger partial charge on any atom is 0.305 e. The summed E-state index contributed by atoms with van der Waals surface area (Å²) in [5.41, 5.74) is 8.32. The van der Waals surface area contributed by atoms with E-state index in [-0.39, 0.29) is 22.9 Å². The number of nitrogens with zero attached hydrogens (tertiary/aromatic N) is 1. The van der Waals surface area contributed by atoms with Gasteiger partial charge in [-0.1, -0.05) is 6.07 Å². The molecule has 4 N–H and O–H groups in total. The van der Waals surface area contributed by atoms with Gasteiger partial charge in [0.05, 0.1) is 12.5 Å². The molecule has 3 aromatic heterocycles. The van der Waals surface area contributed by atoms with Gasteiger partial charge in [-0.25, -0.2) is 4.98 Å². The van der Waals surface area contributed by atoms with Gasteiger partial charge in [0.1, 0.15) is 11.4 Å². The maximum absolute atomic E-state index is 12.1. The molecule has 0 bridgehead atoms. The van der Waals surface area contributed by atoms with Crippen molar-refractivity contribution in [2.24, 2.45) is 0 Å².